The molecule has 1 amide bonds. The van der Waals surface area contributed by atoms with Crippen molar-refractivity contribution >= 4 is 45.0 Å². The van der Waals surface area contributed by atoms with Gasteiger partial charge >= 0.3 is 0 Å². The van der Waals surface area contributed by atoms with Crippen LogP contribution in [0.3, 0.4) is 0 Å². The number of thioether (sulfide) groups is 1. The number of amides is 1. The van der Waals surface area contributed by atoms with E-state index in [1.165, 1.54) is 30.0 Å². The van der Waals surface area contributed by atoms with Crippen molar-refractivity contribution in [2.45, 2.75) is 24.5 Å². The van der Waals surface area contributed by atoms with Gasteiger partial charge < -0.3 is 5.32 Å². The zero-order valence-electron chi connectivity index (χ0n) is 18.9. The topological polar surface area (TPSA) is 66.5 Å². The molecule has 0 unspecified atom stereocenters. The van der Waals surface area contributed by atoms with E-state index in [-0.39, 0.29) is 10.7 Å². The smallest absolute Gasteiger partial charge is 0.264 e. The third kappa shape index (κ3) is 6.52. The monoisotopic (exact) mass is 520 g/mol. The van der Waals surface area contributed by atoms with Gasteiger partial charge in [-0.15, -0.1) is 0 Å². The maximum atomic E-state index is 13.7. The largest absolute Gasteiger partial charge is 0.354 e. The van der Waals surface area contributed by atoms with E-state index in [0.717, 1.165) is 9.87 Å². The molecule has 0 radical (unpaired) electrons. The lowest BCUT2D eigenvalue weighted by atomic mass is 10.2. The van der Waals surface area contributed by atoms with Crippen LogP contribution in [0.4, 0.5) is 10.1 Å². The number of rotatable bonds is 10. The molecule has 0 spiro atoms. The molecular weight excluding hydrogens is 495 g/mol. The van der Waals surface area contributed by atoms with Crippen molar-refractivity contribution in [3.05, 3.63) is 94.3 Å². The maximum absolute atomic E-state index is 13.7. The van der Waals surface area contributed by atoms with Crippen LogP contribution in [0, 0.1) is 19.7 Å². The fraction of sp³-hybridized carbons (Fsp3) is 0.240. The first-order valence-corrected chi connectivity index (χ1v) is 13.6. The van der Waals surface area contributed by atoms with Gasteiger partial charge in [0.25, 0.3) is 10.0 Å². The highest BCUT2D eigenvalue weighted by Gasteiger charge is 2.28. The maximum Gasteiger partial charge on any atom is 0.264 e. The van der Waals surface area contributed by atoms with Gasteiger partial charge in [-0.2, -0.15) is 11.8 Å². The number of nitrogens with zero attached hydrogens (tertiary/aromatic N) is 1. The highest BCUT2D eigenvalue weighted by atomic mass is 35.5. The van der Waals surface area contributed by atoms with Gasteiger partial charge in [-0.25, -0.2) is 12.8 Å². The molecule has 0 aliphatic heterocycles. The molecule has 0 saturated heterocycles. The Bertz CT molecular complexity index is 1250. The minimum Gasteiger partial charge on any atom is -0.354 e. The predicted molar refractivity (Wildman–Crippen MR) is 137 cm³/mol. The molecule has 3 rings (SSSR count). The molecule has 34 heavy (non-hydrogen) atoms. The van der Waals surface area contributed by atoms with Crippen molar-refractivity contribution in [2.24, 2.45) is 0 Å². The molecule has 0 aliphatic rings. The van der Waals surface area contributed by atoms with Gasteiger partial charge in [0.1, 0.15) is 12.4 Å². The molecule has 0 saturated carbocycles. The van der Waals surface area contributed by atoms with E-state index in [1.54, 1.807) is 55.5 Å². The number of benzene rings is 3. The first-order valence-electron chi connectivity index (χ1n) is 10.6. The van der Waals surface area contributed by atoms with Crippen LogP contribution < -0.4 is 9.62 Å². The molecule has 0 atom stereocenters. The predicted octanol–water partition coefficient (Wildman–Crippen LogP) is 5.34. The second-order valence-electron chi connectivity index (χ2n) is 7.70. The molecule has 0 aromatic heterocycles. The van der Waals surface area contributed by atoms with Crippen LogP contribution in [0.15, 0.2) is 71.6 Å². The van der Waals surface area contributed by atoms with Gasteiger partial charge in [-0.3, -0.25) is 9.10 Å². The van der Waals surface area contributed by atoms with E-state index < -0.39 is 22.5 Å². The van der Waals surface area contributed by atoms with Crippen molar-refractivity contribution in [3.63, 3.8) is 0 Å². The Balaban J connectivity index is 1.70. The Morgan fingerprint density at radius 3 is 2.44 bits per heavy atom. The minimum absolute atomic E-state index is 0.0886. The van der Waals surface area contributed by atoms with Crippen molar-refractivity contribution in [1.82, 2.24) is 5.32 Å². The van der Waals surface area contributed by atoms with Gasteiger partial charge in [-0.05, 0) is 55.3 Å². The summed E-state index contributed by atoms with van der Waals surface area (Å²) in [5, 5.41) is 3.17. The lowest BCUT2D eigenvalue weighted by Crippen LogP contribution is -2.41. The van der Waals surface area contributed by atoms with Gasteiger partial charge in [0.15, 0.2) is 0 Å². The summed E-state index contributed by atoms with van der Waals surface area (Å²) in [7, 11) is -4.01. The van der Waals surface area contributed by atoms with Crippen LogP contribution in [-0.4, -0.2) is 33.2 Å². The van der Waals surface area contributed by atoms with Gasteiger partial charge in [0, 0.05) is 23.1 Å². The summed E-state index contributed by atoms with van der Waals surface area (Å²) in [5.74, 6) is 0.341. The highest BCUT2D eigenvalue weighted by Crippen LogP contribution is 2.30. The van der Waals surface area contributed by atoms with Crippen molar-refractivity contribution in [1.29, 1.82) is 0 Å². The first kappa shape index (κ1) is 26.1. The van der Waals surface area contributed by atoms with E-state index in [2.05, 4.69) is 5.32 Å². The summed E-state index contributed by atoms with van der Waals surface area (Å²) < 4.78 is 41.7. The summed E-state index contributed by atoms with van der Waals surface area (Å²) in [6.45, 7) is 3.51. The normalized spacial score (nSPS) is 11.3. The fourth-order valence-corrected chi connectivity index (χ4v) is 5.74. The Morgan fingerprint density at radius 1 is 1.03 bits per heavy atom. The zero-order chi connectivity index (χ0) is 24.7. The van der Waals surface area contributed by atoms with E-state index in [9.17, 15) is 17.6 Å². The third-order valence-electron chi connectivity index (χ3n) is 5.19. The second-order valence-corrected chi connectivity index (χ2v) is 11.1. The quantitative estimate of drug-likeness (QED) is 0.366. The van der Waals surface area contributed by atoms with Crippen LogP contribution in [0.25, 0.3) is 0 Å². The van der Waals surface area contributed by atoms with Crippen LogP contribution in [0.2, 0.25) is 5.02 Å². The van der Waals surface area contributed by atoms with Gasteiger partial charge in [-0.1, -0.05) is 53.6 Å². The Kier molecular flexibility index (Phi) is 8.99. The van der Waals surface area contributed by atoms with E-state index in [4.69, 9.17) is 11.6 Å². The molecule has 180 valence electrons. The lowest BCUT2D eigenvalue weighted by molar-refractivity contribution is -0.119. The molecule has 9 heteroatoms. The Labute approximate surface area is 209 Å². The number of aryl methyl sites for hydroxylation is 1. The van der Waals surface area contributed by atoms with Crippen molar-refractivity contribution in [2.75, 3.05) is 23.1 Å². The average Bonchev–Trinajstić information content (AvgIpc) is 2.80. The number of carbonyl (C=O) groups excluding carboxylic acids is 1. The highest BCUT2D eigenvalue weighted by molar-refractivity contribution is 7.98. The van der Waals surface area contributed by atoms with Crippen molar-refractivity contribution < 1.29 is 17.6 Å². The molecule has 0 bridgehead atoms. The van der Waals surface area contributed by atoms with E-state index in [1.807, 2.05) is 6.92 Å². The Morgan fingerprint density at radius 2 is 1.74 bits per heavy atom. The SMILES string of the molecule is Cc1ccc(S(=O)(=O)N(CC(=O)NCCSCc2ccccc2F)c2cccc(Cl)c2C)cc1. The standard InChI is InChI=1S/C25H26ClFN2O3S2/c1-18-10-12-21(13-11-18)34(31,32)29(24-9-5-7-22(26)19(24)2)16-25(30)28-14-15-33-17-20-6-3-4-8-23(20)27/h3-13H,14-17H2,1-2H3,(H,28,30). The Hall–Kier alpha value is -2.55. The number of halogens is 2. The molecule has 3 aromatic carbocycles. The van der Waals surface area contributed by atoms with Crippen molar-refractivity contribution in [3.8, 4) is 0 Å². The number of carbonyl (C=O) groups is 1. The number of sulfonamides is 1. The second kappa shape index (κ2) is 11.7. The summed E-state index contributed by atoms with van der Waals surface area (Å²) in [6.07, 6.45) is 0. The van der Waals surface area contributed by atoms with Crippen LogP contribution in [0.1, 0.15) is 16.7 Å². The number of anilines is 1. The van der Waals surface area contributed by atoms with Gasteiger partial charge in [0.2, 0.25) is 5.91 Å². The molecule has 0 fully saturated rings. The molecule has 0 heterocycles. The van der Waals surface area contributed by atoms with Crippen LogP contribution in [-0.2, 0) is 20.6 Å². The van der Waals surface area contributed by atoms with Crippen LogP contribution >= 0.6 is 23.4 Å². The zero-order valence-corrected chi connectivity index (χ0v) is 21.3. The molecular formula is C25H26ClFN2O3S2. The van der Waals surface area contributed by atoms with E-state index in [0.29, 0.717) is 39.9 Å². The number of hydrogen-bond donors (Lipinski definition) is 1. The van der Waals surface area contributed by atoms with Gasteiger partial charge in [0.05, 0.1) is 10.6 Å². The summed E-state index contributed by atoms with van der Waals surface area (Å²) in [4.78, 5) is 12.8. The fourth-order valence-electron chi connectivity index (χ4n) is 3.25. The summed E-state index contributed by atoms with van der Waals surface area (Å²) in [5.41, 5.74) is 2.44. The summed E-state index contributed by atoms with van der Waals surface area (Å²) >= 11 is 7.72. The first-order chi connectivity index (χ1) is 16.2. The van der Waals surface area contributed by atoms with E-state index >= 15 is 0 Å². The number of hydrogen-bond acceptors (Lipinski definition) is 4. The molecule has 0 aliphatic carbocycles. The summed E-state index contributed by atoms with van der Waals surface area (Å²) in [6, 6.07) is 18.0. The molecule has 3 aromatic rings. The molecule has 5 nitrogen and oxygen atoms in total. The third-order valence-corrected chi connectivity index (χ3v) is 8.38. The van der Waals surface area contributed by atoms with Crippen LogP contribution in [0.5, 0.6) is 0 Å². The number of nitrogens with one attached hydrogen (secondary N) is 1. The average molecular weight is 521 g/mol. The lowest BCUT2D eigenvalue weighted by Gasteiger charge is -2.26. The molecule has 1 N–H and O–H groups in total. The minimum atomic E-state index is -4.01.